The Kier molecular flexibility index (Phi) is 6.02. The highest BCUT2D eigenvalue weighted by molar-refractivity contribution is 5.71. The van der Waals surface area contributed by atoms with Crippen LogP contribution in [-0.4, -0.2) is 19.7 Å². The minimum atomic E-state index is -0.180. The molecule has 0 aliphatic rings. The molecule has 0 bridgehead atoms. The fourth-order valence-corrected chi connectivity index (χ4v) is 2.88. The predicted molar refractivity (Wildman–Crippen MR) is 96.7 cm³/mol. The number of ether oxygens (including phenoxy) is 2. The monoisotopic (exact) mass is 326 g/mol. The standard InChI is InChI=1S/C21H26O3/c1-6-24-21(22)13-19(17-9-7-14(2)8-10-17)18-11-15(3)16(4)20(12-18)23-5/h7-12,19H,6,13H2,1-5H3. The topological polar surface area (TPSA) is 35.5 Å². The number of benzene rings is 2. The second-order valence-electron chi connectivity index (χ2n) is 6.14. The molecule has 0 aliphatic heterocycles. The lowest BCUT2D eigenvalue weighted by Gasteiger charge is -2.20. The lowest BCUT2D eigenvalue weighted by molar-refractivity contribution is -0.143. The zero-order valence-corrected chi connectivity index (χ0v) is 15.2. The smallest absolute Gasteiger partial charge is 0.306 e. The first-order valence-corrected chi connectivity index (χ1v) is 8.33. The Hall–Kier alpha value is -2.29. The van der Waals surface area contributed by atoms with Gasteiger partial charge in [0.2, 0.25) is 0 Å². The normalized spacial score (nSPS) is 11.9. The van der Waals surface area contributed by atoms with Gasteiger partial charge in [-0.2, -0.15) is 0 Å². The van der Waals surface area contributed by atoms with Gasteiger partial charge < -0.3 is 9.47 Å². The molecular weight excluding hydrogens is 300 g/mol. The number of methoxy groups -OCH3 is 1. The summed E-state index contributed by atoms with van der Waals surface area (Å²) in [4.78, 5) is 12.1. The molecule has 0 spiro atoms. The van der Waals surface area contributed by atoms with Gasteiger partial charge in [0.05, 0.1) is 20.1 Å². The highest BCUT2D eigenvalue weighted by Crippen LogP contribution is 2.33. The van der Waals surface area contributed by atoms with Gasteiger partial charge in [-0.05, 0) is 56.0 Å². The maximum Gasteiger partial charge on any atom is 0.306 e. The van der Waals surface area contributed by atoms with Crippen molar-refractivity contribution in [2.24, 2.45) is 0 Å². The largest absolute Gasteiger partial charge is 0.496 e. The van der Waals surface area contributed by atoms with Gasteiger partial charge in [0, 0.05) is 5.92 Å². The summed E-state index contributed by atoms with van der Waals surface area (Å²) in [6.07, 6.45) is 0.322. The number of aryl methyl sites for hydroxylation is 2. The number of carbonyl (C=O) groups excluding carboxylic acids is 1. The molecule has 3 heteroatoms. The van der Waals surface area contributed by atoms with Crippen molar-refractivity contribution in [3.63, 3.8) is 0 Å². The number of carbonyl (C=O) groups is 1. The van der Waals surface area contributed by atoms with E-state index in [0.29, 0.717) is 13.0 Å². The highest BCUT2D eigenvalue weighted by atomic mass is 16.5. The Morgan fingerprint density at radius 1 is 1.04 bits per heavy atom. The van der Waals surface area contributed by atoms with Gasteiger partial charge in [0.1, 0.15) is 5.75 Å². The molecule has 0 heterocycles. The Morgan fingerprint density at radius 2 is 1.71 bits per heavy atom. The van der Waals surface area contributed by atoms with Crippen LogP contribution in [0.4, 0.5) is 0 Å². The van der Waals surface area contributed by atoms with Crippen LogP contribution in [0.25, 0.3) is 0 Å². The van der Waals surface area contributed by atoms with Crippen LogP contribution in [0.5, 0.6) is 5.75 Å². The maximum atomic E-state index is 12.1. The van der Waals surface area contributed by atoms with E-state index in [4.69, 9.17) is 9.47 Å². The maximum absolute atomic E-state index is 12.1. The van der Waals surface area contributed by atoms with E-state index in [-0.39, 0.29) is 11.9 Å². The molecule has 0 fully saturated rings. The van der Waals surface area contributed by atoms with Crippen LogP contribution in [0.2, 0.25) is 0 Å². The van der Waals surface area contributed by atoms with Crippen LogP contribution < -0.4 is 4.74 Å². The molecule has 2 rings (SSSR count). The third-order valence-electron chi connectivity index (χ3n) is 4.42. The van der Waals surface area contributed by atoms with E-state index in [9.17, 15) is 4.79 Å². The van der Waals surface area contributed by atoms with Crippen molar-refractivity contribution >= 4 is 5.97 Å². The van der Waals surface area contributed by atoms with Gasteiger partial charge in [-0.1, -0.05) is 35.9 Å². The Balaban J connectivity index is 2.47. The van der Waals surface area contributed by atoms with Gasteiger partial charge in [0.25, 0.3) is 0 Å². The van der Waals surface area contributed by atoms with Crippen LogP contribution in [0.1, 0.15) is 47.1 Å². The van der Waals surface area contributed by atoms with E-state index in [1.165, 1.54) is 5.56 Å². The summed E-state index contributed by atoms with van der Waals surface area (Å²) < 4.78 is 10.7. The molecule has 1 atom stereocenters. The summed E-state index contributed by atoms with van der Waals surface area (Å²) in [5, 5.41) is 0. The number of hydrogen-bond acceptors (Lipinski definition) is 3. The van der Waals surface area contributed by atoms with E-state index < -0.39 is 0 Å². The van der Waals surface area contributed by atoms with Crippen LogP contribution in [0, 0.1) is 20.8 Å². The lowest BCUT2D eigenvalue weighted by atomic mass is 9.86. The van der Waals surface area contributed by atoms with Crippen molar-refractivity contribution in [2.45, 2.75) is 40.0 Å². The highest BCUT2D eigenvalue weighted by Gasteiger charge is 2.21. The number of hydrogen-bond donors (Lipinski definition) is 0. The van der Waals surface area contributed by atoms with Gasteiger partial charge in [-0.15, -0.1) is 0 Å². The molecule has 3 nitrogen and oxygen atoms in total. The van der Waals surface area contributed by atoms with Crippen molar-refractivity contribution in [1.29, 1.82) is 0 Å². The molecule has 0 amide bonds. The quantitative estimate of drug-likeness (QED) is 0.721. The molecule has 0 saturated heterocycles. The fraction of sp³-hybridized carbons (Fsp3) is 0.381. The average Bonchev–Trinajstić information content (AvgIpc) is 2.56. The van der Waals surface area contributed by atoms with E-state index in [1.807, 2.05) is 19.9 Å². The average molecular weight is 326 g/mol. The zero-order chi connectivity index (χ0) is 17.7. The Bertz CT molecular complexity index is 702. The third kappa shape index (κ3) is 4.16. The molecule has 0 N–H and O–H groups in total. The summed E-state index contributed by atoms with van der Waals surface area (Å²) in [5.41, 5.74) is 5.67. The van der Waals surface area contributed by atoms with Gasteiger partial charge >= 0.3 is 5.97 Å². The molecule has 128 valence electrons. The first-order valence-electron chi connectivity index (χ1n) is 8.33. The molecule has 24 heavy (non-hydrogen) atoms. The first-order chi connectivity index (χ1) is 11.5. The van der Waals surface area contributed by atoms with E-state index >= 15 is 0 Å². The van der Waals surface area contributed by atoms with Gasteiger partial charge in [-0.3, -0.25) is 4.79 Å². The van der Waals surface area contributed by atoms with Crippen molar-refractivity contribution < 1.29 is 14.3 Å². The van der Waals surface area contributed by atoms with Crippen molar-refractivity contribution in [3.8, 4) is 5.75 Å². The molecule has 0 saturated carbocycles. The summed E-state index contributed by atoms with van der Waals surface area (Å²) in [6, 6.07) is 12.5. The summed E-state index contributed by atoms with van der Waals surface area (Å²) in [5.74, 6) is 0.629. The zero-order valence-electron chi connectivity index (χ0n) is 15.2. The second kappa shape index (κ2) is 8.00. The second-order valence-corrected chi connectivity index (χ2v) is 6.14. The summed E-state index contributed by atoms with van der Waals surface area (Å²) in [7, 11) is 1.68. The predicted octanol–water partition coefficient (Wildman–Crippen LogP) is 4.71. The molecule has 0 radical (unpaired) electrons. The van der Waals surface area contributed by atoms with E-state index in [1.54, 1.807) is 7.11 Å². The van der Waals surface area contributed by atoms with Crippen molar-refractivity contribution in [1.82, 2.24) is 0 Å². The molecule has 1 unspecified atom stereocenters. The molecule has 0 aliphatic carbocycles. The molecule has 2 aromatic rings. The molecule has 0 aromatic heterocycles. The first kappa shape index (κ1) is 18.1. The van der Waals surface area contributed by atoms with Crippen LogP contribution in [-0.2, 0) is 9.53 Å². The van der Waals surface area contributed by atoms with Gasteiger partial charge in [-0.25, -0.2) is 0 Å². The van der Waals surface area contributed by atoms with E-state index in [0.717, 1.165) is 28.0 Å². The minimum Gasteiger partial charge on any atom is -0.496 e. The number of esters is 1. The molecule has 2 aromatic carbocycles. The van der Waals surface area contributed by atoms with E-state index in [2.05, 4.69) is 44.2 Å². The van der Waals surface area contributed by atoms with Crippen LogP contribution in [0.3, 0.4) is 0 Å². The van der Waals surface area contributed by atoms with Crippen molar-refractivity contribution in [2.75, 3.05) is 13.7 Å². The third-order valence-corrected chi connectivity index (χ3v) is 4.42. The molecular formula is C21H26O3. The Morgan fingerprint density at radius 3 is 2.29 bits per heavy atom. The van der Waals surface area contributed by atoms with Gasteiger partial charge in [0.15, 0.2) is 0 Å². The summed E-state index contributed by atoms with van der Waals surface area (Å²) >= 11 is 0. The SMILES string of the molecule is CCOC(=O)CC(c1ccc(C)cc1)c1cc(C)c(C)c(OC)c1. The van der Waals surface area contributed by atoms with Crippen LogP contribution >= 0.6 is 0 Å². The summed E-state index contributed by atoms with van der Waals surface area (Å²) in [6.45, 7) is 8.40. The van der Waals surface area contributed by atoms with Crippen molar-refractivity contribution in [3.05, 3.63) is 64.2 Å². The number of rotatable bonds is 6. The van der Waals surface area contributed by atoms with Crippen LogP contribution in [0.15, 0.2) is 36.4 Å². The Labute approximate surface area is 144 Å². The fourth-order valence-electron chi connectivity index (χ4n) is 2.88. The lowest BCUT2D eigenvalue weighted by Crippen LogP contribution is -2.12. The minimum absolute atomic E-state index is 0.0437.